The van der Waals surface area contributed by atoms with Crippen LogP contribution in [-0.2, 0) is 0 Å². The van der Waals surface area contributed by atoms with E-state index in [1.54, 1.807) is 5.38 Å². The maximum atomic E-state index is 11.7. The fraction of sp³-hybridized carbons (Fsp3) is 0.400. The molecule has 1 heterocycles. The molecule has 0 aliphatic heterocycles. The van der Waals surface area contributed by atoms with E-state index in [0.717, 1.165) is 11.3 Å². The second-order valence-corrected chi connectivity index (χ2v) is 5.00. The average Bonchev–Trinajstić information content (AvgIpc) is 2.48. The minimum atomic E-state index is -0.983. The fourth-order valence-corrected chi connectivity index (χ4v) is 1.73. The molecule has 4 heteroatoms. The van der Waals surface area contributed by atoms with E-state index in [9.17, 15) is 9.59 Å². The summed E-state index contributed by atoms with van der Waals surface area (Å²) in [6.45, 7) is 5.44. The van der Waals surface area contributed by atoms with Gasteiger partial charge in [-0.05, 0) is 6.07 Å². The van der Waals surface area contributed by atoms with Crippen molar-refractivity contribution in [3.8, 4) is 0 Å². The summed E-state index contributed by atoms with van der Waals surface area (Å²) in [4.78, 5) is 22.5. The number of carboxylic acids is 1. The molecule has 14 heavy (non-hydrogen) atoms. The summed E-state index contributed by atoms with van der Waals surface area (Å²) in [6.07, 6.45) is 0. The van der Waals surface area contributed by atoms with Crippen LogP contribution in [0.5, 0.6) is 0 Å². The molecule has 0 bridgehead atoms. The largest absolute Gasteiger partial charge is 0.477 e. The van der Waals surface area contributed by atoms with Crippen LogP contribution in [0.15, 0.2) is 11.4 Å². The maximum absolute atomic E-state index is 11.7. The highest BCUT2D eigenvalue weighted by atomic mass is 32.1. The zero-order chi connectivity index (χ0) is 10.9. The van der Waals surface area contributed by atoms with E-state index in [1.807, 2.05) is 20.8 Å². The van der Waals surface area contributed by atoms with Crippen molar-refractivity contribution < 1.29 is 14.7 Å². The highest BCUT2D eigenvalue weighted by Gasteiger charge is 2.24. The third kappa shape index (κ3) is 2.20. The van der Waals surface area contributed by atoms with Gasteiger partial charge in [0.25, 0.3) is 0 Å². The molecule has 0 unspecified atom stereocenters. The summed E-state index contributed by atoms with van der Waals surface area (Å²) in [7, 11) is 0. The number of aromatic carboxylic acids is 1. The molecule has 0 aromatic carbocycles. The van der Waals surface area contributed by atoms with Crippen molar-refractivity contribution in [2.24, 2.45) is 5.41 Å². The van der Waals surface area contributed by atoms with E-state index < -0.39 is 11.4 Å². The molecule has 1 rings (SSSR count). The van der Waals surface area contributed by atoms with E-state index in [2.05, 4.69) is 0 Å². The number of ketones is 1. The third-order valence-electron chi connectivity index (χ3n) is 1.75. The number of hydrogen-bond donors (Lipinski definition) is 1. The molecule has 3 nitrogen and oxygen atoms in total. The van der Waals surface area contributed by atoms with Gasteiger partial charge in [-0.1, -0.05) is 20.8 Å². The monoisotopic (exact) mass is 212 g/mol. The van der Waals surface area contributed by atoms with Crippen LogP contribution in [0.3, 0.4) is 0 Å². The number of carboxylic acid groups (broad SMARTS) is 1. The highest BCUT2D eigenvalue weighted by Crippen LogP contribution is 2.24. The van der Waals surface area contributed by atoms with Crippen LogP contribution in [0.1, 0.15) is 40.8 Å². The van der Waals surface area contributed by atoms with Crippen molar-refractivity contribution in [1.82, 2.24) is 0 Å². The lowest BCUT2D eigenvalue weighted by atomic mass is 9.87. The molecule has 1 N–H and O–H groups in total. The van der Waals surface area contributed by atoms with Crippen LogP contribution in [0.25, 0.3) is 0 Å². The topological polar surface area (TPSA) is 54.4 Å². The quantitative estimate of drug-likeness (QED) is 0.767. The van der Waals surface area contributed by atoms with Crippen LogP contribution >= 0.6 is 11.3 Å². The lowest BCUT2D eigenvalue weighted by Gasteiger charge is -2.14. The van der Waals surface area contributed by atoms with Gasteiger partial charge < -0.3 is 5.11 Å². The van der Waals surface area contributed by atoms with Crippen molar-refractivity contribution in [3.05, 3.63) is 21.9 Å². The van der Waals surface area contributed by atoms with E-state index in [-0.39, 0.29) is 10.7 Å². The van der Waals surface area contributed by atoms with Gasteiger partial charge in [-0.3, -0.25) is 4.79 Å². The summed E-state index contributed by atoms with van der Waals surface area (Å²) in [6, 6.07) is 1.43. The Labute approximate surface area is 86.4 Å². The first-order valence-electron chi connectivity index (χ1n) is 4.19. The molecule has 0 aliphatic rings. The first-order chi connectivity index (χ1) is 6.32. The molecular formula is C10H12O3S. The summed E-state index contributed by atoms with van der Waals surface area (Å²) in [5.74, 6) is -1.01. The van der Waals surface area contributed by atoms with Gasteiger partial charge in [-0.15, -0.1) is 11.3 Å². The molecule has 0 saturated heterocycles. The fourth-order valence-electron chi connectivity index (χ4n) is 1.00. The molecule has 0 fully saturated rings. The summed E-state index contributed by atoms with van der Waals surface area (Å²) in [5, 5.41) is 10.3. The Kier molecular flexibility index (Phi) is 2.76. The number of hydrogen-bond acceptors (Lipinski definition) is 3. The van der Waals surface area contributed by atoms with Crippen molar-refractivity contribution in [1.29, 1.82) is 0 Å². The van der Waals surface area contributed by atoms with E-state index >= 15 is 0 Å². The summed E-state index contributed by atoms with van der Waals surface area (Å²) in [5.41, 5.74) is 0.0246. The Balaban J connectivity index is 2.99. The van der Waals surface area contributed by atoms with Crippen LogP contribution in [0.4, 0.5) is 0 Å². The second kappa shape index (κ2) is 3.53. The van der Waals surface area contributed by atoms with Crippen LogP contribution in [0.2, 0.25) is 0 Å². The van der Waals surface area contributed by atoms with Gasteiger partial charge >= 0.3 is 5.97 Å². The normalized spacial score (nSPS) is 11.4. The molecule has 1 aromatic rings. The van der Waals surface area contributed by atoms with Gasteiger partial charge in [-0.2, -0.15) is 0 Å². The van der Waals surface area contributed by atoms with Gasteiger partial charge in [-0.25, -0.2) is 4.79 Å². The van der Waals surface area contributed by atoms with Crippen molar-refractivity contribution in [2.75, 3.05) is 0 Å². The lowest BCUT2D eigenvalue weighted by Crippen LogP contribution is -2.19. The summed E-state index contributed by atoms with van der Waals surface area (Å²) < 4.78 is 0. The average molecular weight is 212 g/mol. The highest BCUT2D eigenvalue weighted by molar-refractivity contribution is 7.12. The number of carbonyl (C=O) groups excluding carboxylic acids is 1. The Morgan fingerprint density at radius 2 is 1.93 bits per heavy atom. The first-order valence-corrected chi connectivity index (χ1v) is 5.07. The van der Waals surface area contributed by atoms with Crippen LogP contribution in [-0.4, -0.2) is 16.9 Å². The zero-order valence-corrected chi connectivity index (χ0v) is 9.14. The number of carbonyl (C=O) groups is 2. The van der Waals surface area contributed by atoms with Gasteiger partial charge in [0.05, 0.1) is 0 Å². The van der Waals surface area contributed by atoms with Gasteiger partial charge in [0, 0.05) is 16.4 Å². The second-order valence-electron chi connectivity index (χ2n) is 4.08. The Bertz CT molecular complexity index is 371. The van der Waals surface area contributed by atoms with Crippen molar-refractivity contribution in [2.45, 2.75) is 20.8 Å². The third-order valence-corrected chi connectivity index (χ3v) is 2.67. The molecule has 0 amide bonds. The van der Waals surface area contributed by atoms with Crippen LogP contribution < -0.4 is 0 Å². The molecule has 0 radical (unpaired) electrons. The maximum Gasteiger partial charge on any atom is 0.345 e. The van der Waals surface area contributed by atoms with E-state index in [1.165, 1.54) is 6.07 Å². The summed E-state index contributed by atoms with van der Waals surface area (Å²) >= 11 is 1.08. The van der Waals surface area contributed by atoms with E-state index in [4.69, 9.17) is 5.11 Å². The molecule has 0 aliphatic carbocycles. The number of rotatable bonds is 2. The van der Waals surface area contributed by atoms with Gasteiger partial charge in [0.2, 0.25) is 0 Å². The minimum Gasteiger partial charge on any atom is -0.477 e. The molecule has 0 atom stereocenters. The standard InChI is InChI=1S/C10H12O3S/c1-10(2,3)8(11)6-4-7(9(12)13)14-5-6/h4-5H,1-3H3,(H,12,13). The van der Waals surface area contributed by atoms with Crippen molar-refractivity contribution in [3.63, 3.8) is 0 Å². The minimum absolute atomic E-state index is 0.0266. The SMILES string of the molecule is CC(C)(C)C(=O)c1csc(C(=O)O)c1. The molecular weight excluding hydrogens is 200 g/mol. The number of thiophene rings is 1. The van der Waals surface area contributed by atoms with Gasteiger partial charge in [0.1, 0.15) is 4.88 Å². The predicted molar refractivity (Wildman–Crippen MR) is 55.1 cm³/mol. The molecule has 0 spiro atoms. The smallest absolute Gasteiger partial charge is 0.345 e. The number of Topliss-reactive ketones (excluding diaryl/α,β-unsaturated/α-hetero) is 1. The van der Waals surface area contributed by atoms with Crippen LogP contribution in [0, 0.1) is 5.41 Å². The Morgan fingerprint density at radius 3 is 2.29 bits per heavy atom. The lowest BCUT2D eigenvalue weighted by molar-refractivity contribution is 0.0702. The first kappa shape index (κ1) is 10.9. The molecule has 0 saturated carbocycles. The molecule has 76 valence electrons. The Hall–Kier alpha value is -1.16. The van der Waals surface area contributed by atoms with Gasteiger partial charge in [0.15, 0.2) is 5.78 Å². The molecule has 1 aromatic heterocycles. The Morgan fingerprint density at radius 1 is 1.36 bits per heavy atom. The van der Waals surface area contributed by atoms with E-state index in [0.29, 0.717) is 5.56 Å². The van der Waals surface area contributed by atoms with Crippen molar-refractivity contribution >= 4 is 23.1 Å². The predicted octanol–water partition coefficient (Wildman–Crippen LogP) is 2.68. The zero-order valence-electron chi connectivity index (χ0n) is 8.33.